The van der Waals surface area contributed by atoms with Crippen LogP contribution in [0.3, 0.4) is 0 Å². The van der Waals surface area contributed by atoms with Gasteiger partial charge in [0.1, 0.15) is 12.5 Å². The molecule has 3 N–H and O–H groups in total. The number of nitrogens with one attached hydrogen (secondary N) is 2. The molecule has 0 aliphatic heterocycles. The zero-order valence-corrected chi connectivity index (χ0v) is 21.7. The molecule has 0 radical (unpaired) electrons. The van der Waals surface area contributed by atoms with Gasteiger partial charge in [-0.3, -0.25) is 14.4 Å². The summed E-state index contributed by atoms with van der Waals surface area (Å²) >= 11 is 0. The standard InChI is InChI=1S/C30H34N2O5/c1-5-30(3,18-20(2)28(35)31-19-37-4)29(36)32-23-11-8-10-22(17-23)26(33)16-14-25-24-12-7-6-9-21(24)13-15-27(25)34/h6-17,20,34H,5,18-19H2,1-4H3,(H,31,35)(H,32,36)/b16-14+. The van der Waals surface area contributed by atoms with Crippen LogP contribution in [0.15, 0.2) is 66.7 Å². The largest absolute Gasteiger partial charge is 0.507 e. The van der Waals surface area contributed by atoms with E-state index in [4.69, 9.17) is 4.74 Å². The van der Waals surface area contributed by atoms with Crippen molar-refractivity contribution in [2.45, 2.75) is 33.6 Å². The lowest BCUT2D eigenvalue weighted by molar-refractivity contribution is -0.130. The van der Waals surface area contributed by atoms with Gasteiger partial charge in [0.15, 0.2) is 5.78 Å². The number of carbonyl (C=O) groups is 3. The monoisotopic (exact) mass is 502 g/mol. The second-order valence-electron chi connectivity index (χ2n) is 9.45. The molecule has 2 amide bonds. The van der Waals surface area contributed by atoms with Crippen molar-refractivity contribution in [2.24, 2.45) is 11.3 Å². The summed E-state index contributed by atoms with van der Waals surface area (Å²) in [5.74, 6) is -0.944. The summed E-state index contributed by atoms with van der Waals surface area (Å²) < 4.78 is 4.89. The molecule has 2 unspecified atom stereocenters. The first-order valence-corrected chi connectivity index (χ1v) is 12.3. The van der Waals surface area contributed by atoms with E-state index >= 15 is 0 Å². The number of fused-ring (bicyclic) bond motifs is 1. The average molecular weight is 503 g/mol. The maximum absolute atomic E-state index is 13.2. The Morgan fingerprint density at radius 2 is 1.84 bits per heavy atom. The molecule has 0 aliphatic carbocycles. The van der Waals surface area contributed by atoms with Gasteiger partial charge in [-0.05, 0) is 54.0 Å². The summed E-state index contributed by atoms with van der Waals surface area (Å²) in [4.78, 5) is 38.4. The fraction of sp³-hybridized carbons (Fsp3) is 0.300. The van der Waals surface area contributed by atoms with E-state index in [-0.39, 0.29) is 36.0 Å². The van der Waals surface area contributed by atoms with Gasteiger partial charge in [0.2, 0.25) is 11.8 Å². The van der Waals surface area contributed by atoms with E-state index in [1.165, 1.54) is 13.2 Å². The predicted octanol–water partition coefficient (Wildman–Crippen LogP) is 5.54. The number of benzene rings is 3. The fourth-order valence-electron chi connectivity index (χ4n) is 4.23. The molecule has 7 heteroatoms. The van der Waals surface area contributed by atoms with Gasteiger partial charge >= 0.3 is 0 Å². The van der Waals surface area contributed by atoms with Gasteiger partial charge in [0.25, 0.3) is 0 Å². The minimum atomic E-state index is -0.782. The van der Waals surface area contributed by atoms with Crippen LogP contribution < -0.4 is 10.6 Å². The number of allylic oxidation sites excluding steroid dienone is 1. The number of methoxy groups -OCH3 is 1. The summed E-state index contributed by atoms with van der Waals surface area (Å²) in [7, 11) is 1.50. The Kier molecular flexibility index (Phi) is 9.20. The highest BCUT2D eigenvalue weighted by atomic mass is 16.5. The Balaban J connectivity index is 1.74. The highest BCUT2D eigenvalue weighted by Gasteiger charge is 2.35. The van der Waals surface area contributed by atoms with E-state index in [2.05, 4.69) is 10.6 Å². The van der Waals surface area contributed by atoms with Crippen LogP contribution >= 0.6 is 0 Å². The predicted molar refractivity (Wildman–Crippen MR) is 146 cm³/mol. The van der Waals surface area contributed by atoms with Crippen LogP contribution in [0, 0.1) is 11.3 Å². The number of phenols is 1. The number of ether oxygens (including phenoxy) is 1. The molecule has 0 aromatic heterocycles. The van der Waals surface area contributed by atoms with Gasteiger partial charge in [0.05, 0.1) is 0 Å². The smallest absolute Gasteiger partial charge is 0.230 e. The third kappa shape index (κ3) is 6.83. The number of phenolic OH excluding ortho intramolecular Hbond substituents is 1. The van der Waals surface area contributed by atoms with E-state index in [1.54, 1.807) is 43.3 Å². The summed E-state index contributed by atoms with van der Waals surface area (Å²) in [6.07, 6.45) is 3.92. The van der Waals surface area contributed by atoms with Crippen LogP contribution in [0.5, 0.6) is 5.75 Å². The molecule has 0 spiro atoms. The first-order valence-electron chi connectivity index (χ1n) is 12.3. The Bertz CT molecular complexity index is 1320. The van der Waals surface area contributed by atoms with Crippen molar-refractivity contribution in [1.29, 1.82) is 0 Å². The Hall–Kier alpha value is -3.97. The van der Waals surface area contributed by atoms with Gasteiger partial charge in [-0.2, -0.15) is 0 Å². The van der Waals surface area contributed by atoms with Crippen molar-refractivity contribution >= 4 is 40.1 Å². The normalized spacial score (nSPS) is 13.7. The number of hydrogen-bond acceptors (Lipinski definition) is 5. The van der Waals surface area contributed by atoms with Crippen molar-refractivity contribution in [3.05, 3.63) is 77.9 Å². The van der Waals surface area contributed by atoms with Crippen LogP contribution in [0.4, 0.5) is 5.69 Å². The Morgan fingerprint density at radius 3 is 2.57 bits per heavy atom. The minimum Gasteiger partial charge on any atom is -0.507 e. The first kappa shape index (κ1) is 27.6. The molecule has 7 nitrogen and oxygen atoms in total. The third-order valence-corrected chi connectivity index (χ3v) is 6.68. The molecule has 3 rings (SSSR count). The molecule has 2 atom stereocenters. The zero-order chi connectivity index (χ0) is 27.0. The molecule has 0 fully saturated rings. The average Bonchev–Trinajstić information content (AvgIpc) is 2.90. The molecule has 0 heterocycles. The topological polar surface area (TPSA) is 105 Å². The van der Waals surface area contributed by atoms with Crippen LogP contribution in [-0.4, -0.2) is 36.5 Å². The lowest BCUT2D eigenvalue weighted by atomic mass is 9.78. The molecule has 0 bridgehead atoms. The Labute approximate surface area is 217 Å². The van der Waals surface area contributed by atoms with Gasteiger partial charge in [-0.25, -0.2) is 0 Å². The molecular formula is C30H34N2O5. The van der Waals surface area contributed by atoms with Gasteiger partial charge in [0, 0.05) is 35.3 Å². The summed E-state index contributed by atoms with van der Waals surface area (Å²) in [5.41, 5.74) is 0.682. The van der Waals surface area contributed by atoms with Crippen molar-refractivity contribution in [1.82, 2.24) is 5.32 Å². The van der Waals surface area contributed by atoms with Crippen molar-refractivity contribution in [3.8, 4) is 5.75 Å². The minimum absolute atomic E-state index is 0.0905. The summed E-state index contributed by atoms with van der Waals surface area (Å²) in [6, 6.07) is 17.8. The SMILES string of the molecule is CCC(C)(CC(C)C(=O)NCOC)C(=O)Nc1cccc(C(=O)/C=C/c2c(O)ccc3ccccc23)c1. The van der Waals surface area contributed by atoms with Crippen LogP contribution in [0.25, 0.3) is 16.8 Å². The molecule has 3 aromatic rings. The lowest BCUT2D eigenvalue weighted by Crippen LogP contribution is -2.39. The maximum Gasteiger partial charge on any atom is 0.230 e. The highest BCUT2D eigenvalue weighted by molar-refractivity contribution is 6.09. The van der Waals surface area contributed by atoms with Crippen molar-refractivity contribution < 1.29 is 24.2 Å². The number of amides is 2. The van der Waals surface area contributed by atoms with Crippen LogP contribution in [-0.2, 0) is 14.3 Å². The molecule has 37 heavy (non-hydrogen) atoms. The first-order chi connectivity index (χ1) is 17.7. The van der Waals surface area contributed by atoms with Crippen molar-refractivity contribution in [2.75, 3.05) is 19.2 Å². The molecular weight excluding hydrogens is 468 g/mol. The lowest BCUT2D eigenvalue weighted by Gasteiger charge is -2.29. The number of carbonyl (C=O) groups excluding carboxylic acids is 3. The molecule has 194 valence electrons. The molecule has 0 saturated carbocycles. The van der Waals surface area contributed by atoms with E-state index in [1.807, 2.05) is 44.2 Å². The number of rotatable bonds is 11. The second-order valence-corrected chi connectivity index (χ2v) is 9.45. The maximum atomic E-state index is 13.2. The van der Waals surface area contributed by atoms with Gasteiger partial charge < -0.3 is 20.5 Å². The third-order valence-electron chi connectivity index (χ3n) is 6.68. The van der Waals surface area contributed by atoms with E-state index < -0.39 is 5.41 Å². The summed E-state index contributed by atoms with van der Waals surface area (Å²) in [5, 5.41) is 17.7. The van der Waals surface area contributed by atoms with E-state index in [9.17, 15) is 19.5 Å². The van der Waals surface area contributed by atoms with Crippen LogP contribution in [0.2, 0.25) is 0 Å². The number of anilines is 1. The Morgan fingerprint density at radius 1 is 1.08 bits per heavy atom. The number of aromatic hydroxyl groups is 1. The molecule has 0 saturated heterocycles. The quantitative estimate of drug-likeness (QED) is 0.181. The van der Waals surface area contributed by atoms with Crippen molar-refractivity contribution in [3.63, 3.8) is 0 Å². The molecule has 0 aliphatic rings. The number of hydrogen-bond donors (Lipinski definition) is 3. The van der Waals surface area contributed by atoms with E-state index in [0.717, 1.165) is 10.8 Å². The van der Waals surface area contributed by atoms with Gasteiger partial charge in [-0.15, -0.1) is 0 Å². The molecule has 3 aromatic carbocycles. The summed E-state index contributed by atoms with van der Waals surface area (Å²) in [6.45, 7) is 5.64. The van der Waals surface area contributed by atoms with E-state index in [0.29, 0.717) is 29.7 Å². The van der Waals surface area contributed by atoms with Crippen LogP contribution in [0.1, 0.15) is 49.5 Å². The van der Waals surface area contributed by atoms with Gasteiger partial charge in [-0.1, -0.05) is 63.2 Å². The second kappa shape index (κ2) is 12.3. The fourth-order valence-corrected chi connectivity index (χ4v) is 4.23. The number of ketones is 1. The highest BCUT2D eigenvalue weighted by Crippen LogP contribution is 2.32. The zero-order valence-electron chi connectivity index (χ0n) is 21.7.